The standard InChI is InChI=1S/C24H27N/c1-17(14-18-6-8-19(16-25)9-7-18)20-10-11-21-22(15-20)24(4,5)13-12-23(21,2)3/h6-11,14-15H,12-13H2,1-5H3/b17-14+. The normalized spacial score (nSPS) is 18.3. The Hall–Kier alpha value is -2.33. The quantitative estimate of drug-likeness (QED) is 0.579. The first-order chi connectivity index (χ1) is 11.7. The molecule has 2 aromatic rings. The maximum atomic E-state index is 8.93. The minimum atomic E-state index is 0.232. The molecule has 3 rings (SSSR count). The third-order valence-electron chi connectivity index (χ3n) is 5.73. The number of fused-ring (bicyclic) bond motifs is 1. The molecule has 0 atom stereocenters. The van der Waals surface area contributed by atoms with Gasteiger partial charge in [-0.15, -0.1) is 0 Å². The summed E-state index contributed by atoms with van der Waals surface area (Å²) in [6.07, 6.45) is 4.67. The highest BCUT2D eigenvalue weighted by atomic mass is 14.4. The largest absolute Gasteiger partial charge is 0.192 e. The lowest BCUT2D eigenvalue weighted by atomic mass is 9.63. The molecule has 0 saturated heterocycles. The van der Waals surface area contributed by atoms with Crippen LogP contribution in [0.1, 0.15) is 75.3 Å². The first kappa shape index (κ1) is 17.5. The smallest absolute Gasteiger partial charge is 0.0991 e. The summed E-state index contributed by atoms with van der Waals surface area (Å²) >= 11 is 0. The summed E-state index contributed by atoms with van der Waals surface area (Å²) in [5, 5.41) is 8.93. The van der Waals surface area contributed by atoms with Gasteiger partial charge in [0.1, 0.15) is 0 Å². The Labute approximate surface area is 152 Å². The molecule has 0 bridgehead atoms. The summed E-state index contributed by atoms with van der Waals surface area (Å²) in [6.45, 7) is 11.6. The van der Waals surface area contributed by atoms with Gasteiger partial charge in [-0.25, -0.2) is 0 Å². The fourth-order valence-corrected chi connectivity index (χ4v) is 3.82. The van der Waals surface area contributed by atoms with Crippen molar-refractivity contribution in [3.05, 3.63) is 70.3 Å². The lowest BCUT2D eigenvalue weighted by Gasteiger charge is -2.42. The highest BCUT2D eigenvalue weighted by molar-refractivity contribution is 5.80. The fourth-order valence-electron chi connectivity index (χ4n) is 3.82. The van der Waals surface area contributed by atoms with E-state index in [9.17, 15) is 0 Å². The van der Waals surface area contributed by atoms with Crippen molar-refractivity contribution < 1.29 is 0 Å². The van der Waals surface area contributed by atoms with Gasteiger partial charge < -0.3 is 0 Å². The molecule has 25 heavy (non-hydrogen) atoms. The predicted octanol–water partition coefficient (Wildman–Crippen LogP) is 6.47. The van der Waals surface area contributed by atoms with Gasteiger partial charge >= 0.3 is 0 Å². The molecule has 0 unspecified atom stereocenters. The molecule has 0 heterocycles. The van der Waals surface area contributed by atoms with E-state index in [0.29, 0.717) is 5.56 Å². The zero-order chi connectivity index (χ0) is 18.2. The van der Waals surface area contributed by atoms with Crippen LogP contribution in [0.3, 0.4) is 0 Å². The third kappa shape index (κ3) is 3.40. The van der Waals surface area contributed by atoms with Crippen molar-refractivity contribution >= 4 is 11.6 Å². The molecule has 0 amide bonds. The Balaban J connectivity index is 2.01. The minimum absolute atomic E-state index is 0.232. The van der Waals surface area contributed by atoms with Crippen LogP contribution in [0.15, 0.2) is 42.5 Å². The Bertz CT molecular complexity index is 858. The molecule has 1 heteroatoms. The molecule has 1 nitrogen and oxygen atoms in total. The second-order valence-electron chi connectivity index (χ2n) is 8.59. The van der Waals surface area contributed by atoms with Gasteiger partial charge in [0.2, 0.25) is 0 Å². The van der Waals surface area contributed by atoms with Gasteiger partial charge in [0, 0.05) is 0 Å². The van der Waals surface area contributed by atoms with Gasteiger partial charge in [-0.1, -0.05) is 64.1 Å². The zero-order valence-electron chi connectivity index (χ0n) is 16.0. The topological polar surface area (TPSA) is 23.8 Å². The van der Waals surface area contributed by atoms with E-state index in [1.165, 1.54) is 35.1 Å². The molecule has 1 aliphatic carbocycles. The highest BCUT2D eigenvalue weighted by Gasteiger charge is 2.36. The molecular weight excluding hydrogens is 302 g/mol. The Morgan fingerprint density at radius 1 is 0.920 bits per heavy atom. The molecule has 0 fully saturated rings. The molecule has 0 aromatic heterocycles. The van der Waals surface area contributed by atoms with E-state index in [4.69, 9.17) is 5.26 Å². The Kier molecular flexibility index (Phi) is 4.33. The Morgan fingerprint density at radius 3 is 2.12 bits per heavy atom. The first-order valence-corrected chi connectivity index (χ1v) is 9.07. The number of hydrogen-bond donors (Lipinski definition) is 0. The first-order valence-electron chi connectivity index (χ1n) is 9.07. The van der Waals surface area contributed by atoms with Crippen LogP contribution >= 0.6 is 0 Å². The van der Waals surface area contributed by atoms with Crippen LogP contribution in [-0.4, -0.2) is 0 Å². The molecule has 1 aliphatic rings. The number of rotatable bonds is 2. The highest BCUT2D eigenvalue weighted by Crippen LogP contribution is 2.46. The second-order valence-corrected chi connectivity index (χ2v) is 8.59. The van der Waals surface area contributed by atoms with Crippen LogP contribution in [0.5, 0.6) is 0 Å². The van der Waals surface area contributed by atoms with Crippen LogP contribution in [0.2, 0.25) is 0 Å². The molecule has 0 N–H and O–H groups in total. The minimum Gasteiger partial charge on any atom is -0.192 e. The van der Waals surface area contributed by atoms with E-state index >= 15 is 0 Å². The number of hydrogen-bond acceptors (Lipinski definition) is 1. The van der Waals surface area contributed by atoms with E-state index in [1.54, 1.807) is 0 Å². The maximum absolute atomic E-state index is 8.93. The SMILES string of the molecule is C/C(=C\c1ccc(C#N)cc1)c1ccc2c(c1)C(C)(C)CCC2(C)C. The van der Waals surface area contributed by atoms with Crippen LogP contribution in [0.4, 0.5) is 0 Å². The maximum Gasteiger partial charge on any atom is 0.0991 e. The molecule has 2 aromatic carbocycles. The van der Waals surface area contributed by atoms with E-state index in [0.717, 1.165) is 5.56 Å². The van der Waals surface area contributed by atoms with Crippen molar-refractivity contribution in [3.8, 4) is 6.07 Å². The van der Waals surface area contributed by atoms with E-state index in [2.05, 4.69) is 65.0 Å². The summed E-state index contributed by atoms with van der Waals surface area (Å²) in [7, 11) is 0. The predicted molar refractivity (Wildman–Crippen MR) is 106 cm³/mol. The van der Waals surface area contributed by atoms with Crippen molar-refractivity contribution in [3.63, 3.8) is 0 Å². The lowest BCUT2D eigenvalue weighted by molar-refractivity contribution is 0.332. The van der Waals surface area contributed by atoms with E-state index in [-0.39, 0.29) is 10.8 Å². The van der Waals surface area contributed by atoms with Crippen molar-refractivity contribution in [2.24, 2.45) is 0 Å². The Morgan fingerprint density at radius 2 is 1.52 bits per heavy atom. The molecule has 0 saturated carbocycles. The fraction of sp³-hybridized carbons (Fsp3) is 0.375. The van der Waals surface area contributed by atoms with Gasteiger partial charge in [-0.05, 0) is 70.6 Å². The van der Waals surface area contributed by atoms with Crippen LogP contribution < -0.4 is 0 Å². The molecular formula is C24H27N. The van der Waals surface area contributed by atoms with E-state index in [1.807, 2.05) is 24.3 Å². The summed E-state index contributed by atoms with van der Waals surface area (Å²) in [5.74, 6) is 0. The van der Waals surface area contributed by atoms with Gasteiger partial charge in [0.25, 0.3) is 0 Å². The molecule has 0 spiro atoms. The monoisotopic (exact) mass is 329 g/mol. The average molecular weight is 329 g/mol. The number of nitrogens with zero attached hydrogens (tertiary/aromatic N) is 1. The van der Waals surface area contributed by atoms with Crippen molar-refractivity contribution in [2.45, 2.75) is 58.3 Å². The molecule has 128 valence electrons. The lowest BCUT2D eigenvalue weighted by Crippen LogP contribution is -2.33. The van der Waals surface area contributed by atoms with Crippen molar-refractivity contribution in [1.82, 2.24) is 0 Å². The van der Waals surface area contributed by atoms with Crippen LogP contribution in [0.25, 0.3) is 11.6 Å². The van der Waals surface area contributed by atoms with Crippen LogP contribution in [-0.2, 0) is 10.8 Å². The van der Waals surface area contributed by atoms with Gasteiger partial charge in [-0.2, -0.15) is 5.26 Å². The zero-order valence-corrected chi connectivity index (χ0v) is 16.0. The average Bonchev–Trinajstić information content (AvgIpc) is 2.59. The third-order valence-corrected chi connectivity index (χ3v) is 5.73. The summed E-state index contributed by atoms with van der Waals surface area (Å²) < 4.78 is 0. The molecule has 0 aliphatic heterocycles. The number of nitriles is 1. The van der Waals surface area contributed by atoms with Gasteiger partial charge in [-0.3, -0.25) is 0 Å². The van der Waals surface area contributed by atoms with E-state index < -0.39 is 0 Å². The van der Waals surface area contributed by atoms with Crippen LogP contribution in [0, 0.1) is 11.3 Å². The van der Waals surface area contributed by atoms with Gasteiger partial charge in [0.15, 0.2) is 0 Å². The van der Waals surface area contributed by atoms with Crippen molar-refractivity contribution in [1.29, 1.82) is 5.26 Å². The molecule has 0 radical (unpaired) electrons. The van der Waals surface area contributed by atoms with Crippen molar-refractivity contribution in [2.75, 3.05) is 0 Å². The second kappa shape index (κ2) is 6.19. The summed E-state index contributed by atoms with van der Waals surface area (Å²) in [6, 6.07) is 16.9. The van der Waals surface area contributed by atoms with Gasteiger partial charge in [0.05, 0.1) is 11.6 Å². The summed E-state index contributed by atoms with van der Waals surface area (Å²) in [5.41, 5.74) is 7.86. The summed E-state index contributed by atoms with van der Waals surface area (Å²) in [4.78, 5) is 0. The number of benzene rings is 2. The number of allylic oxidation sites excluding steroid dienone is 1.